The Balaban J connectivity index is 2.07. The van der Waals surface area contributed by atoms with Crippen LogP contribution in [0.3, 0.4) is 0 Å². The Kier molecular flexibility index (Phi) is 1.87. The van der Waals surface area contributed by atoms with Crippen LogP contribution in [0.2, 0.25) is 0 Å². The van der Waals surface area contributed by atoms with Crippen LogP contribution >= 0.6 is 0 Å². The summed E-state index contributed by atoms with van der Waals surface area (Å²) in [5.41, 5.74) is 0. The number of rotatable bonds is 1. The van der Waals surface area contributed by atoms with Gasteiger partial charge >= 0.3 is 0 Å². The minimum atomic E-state index is 0.375. The molecule has 0 aromatic rings. The maximum Gasteiger partial charge on any atom is 0.209 e. The molecule has 66 valence electrons. The summed E-state index contributed by atoms with van der Waals surface area (Å²) < 4.78 is 0. The van der Waals surface area contributed by atoms with Crippen LogP contribution in [0.4, 0.5) is 0 Å². The molecule has 2 aliphatic rings. The van der Waals surface area contributed by atoms with E-state index >= 15 is 0 Å². The summed E-state index contributed by atoms with van der Waals surface area (Å²) >= 11 is 0. The van der Waals surface area contributed by atoms with Crippen molar-refractivity contribution in [1.29, 1.82) is 0 Å². The number of ketones is 1. The number of likely N-dealkylation sites (tertiary alicyclic amines) is 1. The zero-order valence-corrected chi connectivity index (χ0v) is 7.03. The second-order valence-electron chi connectivity index (χ2n) is 3.74. The highest BCUT2D eigenvalue weighted by Crippen LogP contribution is 2.33. The first-order valence-corrected chi connectivity index (χ1v) is 4.54. The topological polar surface area (TPSA) is 37.4 Å². The number of fused-ring (bicyclic) bond motifs is 1. The number of Topliss-reactive ketones (excluding diaryl/α,β-unsaturated/α-hetero) is 1. The van der Waals surface area contributed by atoms with Crippen molar-refractivity contribution in [3.05, 3.63) is 0 Å². The summed E-state index contributed by atoms with van der Waals surface area (Å²) in [4.78, 5) is 23.5. The summed E-state index contributed by atoms with van der Waals surface area (Å²) in [6, 6.07) is 0.375. The summed E-state index contributed by atoms with van der Waals surface area (Å²) in [5.74, 6) is 0.848. The molecule has 2 atom stereocenters. The molecule has 0 bridgehead atoms. The molecule has 0 aromatic carbocycles. The van der Waals surface area contributed by atoms with E-state index in [4.69, 9.17) is 0 Å². The summed E-state index contributed by atoms with van der Waals surface area (Å²) in [6.45, 7) is 0.853. The predicted molar refractivity (Wildman–Crippen MR) is 43.5 cm³/mol. The van der Waals surface area contributed by atoms with Crippen molar-refractivity contribution in [3.63, 3.8) is 0 Å². The Bertz CT molecular complexity index is 215. The van der Waals surface area contributed by atoms with E-state index in [2.05, 4.69) is 0 Å². The molecular weight excluding hydrogens is 154 g/mol. The van der Waals surface area contributed by atoms with E-state index in [0.717, 1.165) is 25.8 Å². The molecule has 3 nitrogen and oxygen atoms in total. The van der Waals surface area contributed by atoms with Crippen LogP contribution < -0.4 is 0 Å². The van der Waals surface area contributed by atoms with Crippen molar-refractivity contribution in [2.75, 3.05) is 6.54 Å². The third-order valence-electron chi connectivity index (χ3n) is 3.07. The Labute approximate surface area is 71.7 Å². The van der Waals surface area contributed by atoms with Crippen LogP contribution in [0, 0.1) is 5.92 Å². The van der Waals surface area contributed by atoms with Crippen LogP contribution in [0.25, 0.3) is 0 Å². The van der Waals surface area contributed by atoms with Crippen molar-refractivity contribution in [1.82, 2.24) is 4.90 Å². The Hall–Kier alpha value is -0.860. The molecular formula is C9H13NO2. The molecule has 0 spiro atoms. The first kappa shape index (κ1) is 7.77. The lowest BCUT2D eigenvalue weighted by atomic mass is 9.84. The van der Waals surface area contributed by atoms with Crippen LogP contribution in [0.5, 0.6) is 0 Å². The van der Waals surface area contributed by atoms with E-state index in [1.807, 2.05) is 4.90 Å². The average molecular weight is 167 g/mol. The molecule has 2 fully saturated rings. The van der Waals surface area contributed by atoms with E-state index in [1.165, 1.54) is 0 Å². The predicted octanol–water partition coefficient (Wildman–Crippen LogP) is 0.586. The molecule has 1 heterocycles. The van der Waals surface area contributed by atoms with Gasteiger partial charge in [-0.25, -0.2) is 0 Å². The number of nitrogens with zero attached hydrogens (tertiary/aromatic N) is 1. The zero-order valence-electron chi connectivity index (χ0n) is 7.03. The SMILES string of the molecule is O=CN1CC[C@@H]2CC(=O)CCC21. The average Bonchev–Trinajstić information content (AvgIpc) is 2.46. The minimum absolute atomic E-state index is 0.375. The molecule has 1 aliphatic heterocycles. The lowest BCUT2D eigenvalue weighted by Gasteiger charge is -2.28. The molecule has 0 N–H and O–H groups in total. The van der Waals surface area contributed by atoms with Crippen LogP contribution in [-0.4, -0.2) is 29.7 Å². The summed E-state index contributed by atoms with van der Waals surface area (Å²) in [5, 5.41) is 0. The monoisotopic (exact) mass is 167 g/mol. The molecule has 1 saturated carbocycles. The maximum atomic E-state index is 11.1. The number of carbonyl (C=O) groups is 2. The van der Waals surface area contributed by atoms with E-state index in [-0.39, 0.29) is 0 Å². The van der Waals surface area contributed by atoms with Gasteiger partial charge in [-0.3, -0.25) is 9.59 Å². The fraction of sp³-hybridized carbons (Fsp3) is 0.778. The van der Waals surface area contributed by atoms with E-state index < -0.39 is 0 Å². The van der Waals surface area contributed by atoms with E-state index in [9.17, 15) is 9.59 Å². The normalized spacial score (nSPS) is 35.0. The van der Waals surface area contributed by atoms with Gasteiger partial charge in [-0.05, 0) is 18.8 Å². The minimum Gasteiger partial charge on any atom is -0.342 e. The quantitative estimate of drug-likeness (QED) is 0.536. The maximum absolute atomic E-state index is 11.1. The Morgan fingerprint density at radius 1 is 1.42 bits per heavy atom. The van der Waals surface area contributed by atoms with Crippen LogP contribution in [0.1, 0.15) is 25.7 Å². The molecule has 1 aliphatic carbocycles. The van der Waals surface area contributed by atoms with Gasteiger partial charge in [0.15, 0.2) is 0 Å². The van der Waals surface area contributed by atoms with Crippen molar-refractivity contribution >= 4 is 12.2 Å². The molecule has 0 radical (unpaired) electrons. The molecule has 2 rings (SSSR count). The third kappa shape index (κ3) is 1.13. The molecule has 12 heavy (non-hydrogen) atoms. The number of hydrogen-bond acceptors (Lipinski definition) is 2. The second-order valence-corrected chi connectivity index (χ2v) is 3.74. The van der Waals surface area contributed by atoms with Crippen LogP contribution in [0.15, 0.2) is 0 Å². The molecule has 1 amide bonds. The Morgan fingerprint density at radius 3 is 3.00 bits per heavy atom. The fourth-order valence-electron chi connectivity index (χ4n) is 2.42. The number of amides is 1. The number of hydrogen-bond donors (Lipinski definition) is 0. The first-order valence-electron chi connectivity index (χ1n) is 4.54. The van der Waals surface area contributed by atoms with Crippen molar-refractivity contribution in [3.8, 4) is 0 Å². The molecule has 1 unspecified atom stereocenters. The highest BCUT2D eigenvalue weighted by atomic mass is 16.1. The van der Waals surface area contributed by atoms with Crippen molar-refractivity contribution in [2.24, 2.45) is 5.92 Å². The third-order valence-corrected chi connectivity index (χ3v) is 3.07. The van der Waals surface area contributed by atoms with Crippen LogP contribution in [-0.2, 0) is 9.59 Å². The largest absolute Gasteiger partial charge is 0.342 e. The second kappa shape index (κ2) is 2.88. The number of carbonyl (C=O) groups excluding carboxylic acids is 2. The molecule has 0 aromatic heterocycles. The highest BCUT2D eigenvalue weighted by Gasteiger charge is 2.37. The van der Waals surface area contributed by atoms with Crippen molar-refractivity contribution < 1.29 is 9.59 Å². The summed E-state index contributed by atoms with van der Waals surface area (Å²) in [6.07, 6.45) is 4.22. The first-order chi connectivity index (χ1) is 5.81. The Morgan fingerprint density at radius 2 is 2.25 bits per heavy atom. The van der Waals surface area contributed by atoms with Gasteiger partial charge in [0.2, 0.25) is 6.41 Å². The lowest BCUT2D eigenvalue weighted by Crippen LogP contribution is -2.35. The lowest BCUT2D eigenvalue weighted by molar-refractivity contribution is -0.125. The van der Waals surface area contributed by atoms with Gasteiger partial charge in [-0.2, -0.15) is 0 Å². The van der Waals surface area contributed by atoms with E-state index in [1.54, 1.807) is 0 Å². The van der Waals surface area contributed by atoms with Gasteiger partial charge in [0.05, 0.1) is 0 Å². The van der Waals surface area contributed by atoms with E-state index in [0.29, 0.717) is 30.6 Å². The van der Waals surface area contributed by atoms with Gasteiger partial charge in [-0.1, -0.05) is 0 Å². The van der Waals surface area contributed by atoms with Gasteiger partial charge in [0.1, 0.15) is 5.78 Å². The summed E-state index contributed by atoms with van der Waals surface area (Å²) in [7, 11) is 0. The molecule has 1 saturated heterocycles. The molecule has 3 heteroatoms. The standard InChI is InChI=1S/C9H13NO2/c11-6-10-4-3-7-5-8(12)1-2-9(7)10/h6-7,9H,1-5H2/t7-,9?/m1/s1. The van der Waals surface area contributed by atoms with Gasteiger partial charge in [0, 0.05) is 25.4 Å². The van der Waals surface area contributed by atoms with Gasteiger partial charge in [-0.15, -0.1) is 0 Å². The highest BCUT2D eigenvalue weighted by molar-refractivity contribution is 5.79. The van der Waals surface area contributed by atoms with Gasteiger partial charge < -0.3 is 4.90 Å². The smallest absolute Gasteiger partial charge is 0.209 e. The fourth-order valence-corrected chi connectivity index (χ4v) is 2.42. The zero-order chi connectivity index (χ0) is 8.55. The van der Waals surface area contributed by atoms with Gasteiger partial charge in [0.25, 0.3) is 0 Å². The van der Waals surface area contributed by atoms with Crippen molar-refractivity contribution in [2.45, 2.75) is 31.7 Å².